The maximum absolute atomic E-state index is 12.9. The van der Waals surface area contributed by atoms with Crippen molar-refractivity contribution < 1.29 is 13.2 Å². The van der Waals surface area contributed by atoms with Gasteiger partial charge in [0.15, 0.2) is 0 Å². The molecule has 0 atom stereocenters. The molecule has 0 radical (unpaired) electrons. The molecule has 0 aliphatic heterocycles. The SMILES string of the molecule is N=C(N)c1ccc(Sc2cccs2)cc1C(F)(F)F. The zero-order valence-electron chi connectivity index (χ0n) is 9.49. The number of halogens is 3. The van der Waals surface area contributed by atoms with Crippen LogP contribution in [0.4, 0.5) is 13.2 Å². The van der Waals surface area contributed by atoms with E-state index >= 15 is 0 Å². The highest BCUT2D eigenvalue weighted by atomic mass is 32.2. The van der Waals surface area contributed by atoms with Crippen LogP contribution in [0.1, 0.15) is 11.1 Å². The van der Waals surface area contributed by atoms with Crippen molar-refractivity contribution in [1.82, 2.24) is 0 Å². The molecule has 1 heterocycles. The Bertz CT molecular complexity index is 592. The molecular formula is C12H9F3N2S2. The molecule has 0 amide bonds. The fraction of sp³-hybridized carbons (Fsp3) is 0.0833. The van der Waals surface area contributed by atoms with Gasteiger partial charge in [0.2, 0.25) is 0 Å². The van der Waals surface area contributed by atoms with E-state index in [9.17, 15) is 13.2 Å². The van der Waals surface area contributed by atoms with Crippen molar-refractivity contribution >= 4 is 28.9 Å². The zero-order valence-corrected chi connectivity index (χ0v) is 11.1. The van der Waals surface area contributed by atoms with E-state index in [4.69, 9.17) is 11.1 Å². The van der Waals surface area contributed by atoms with Crippen LogP contribution in [0.5, 0.6) is 0 Å². The lowest BCUT2D eigenvalue weighted by Gasteiger charge is -2.13. The van der Waals surface area contributed by atoms with Gasteiger partial charge < -0.3 is 5.73 Å². The fourth-order valence-electron chi connectivity index (χ4n) is 1.49. The first kappa shape index (κ1) is 14.0. The Labute approximate surface area is 116 Å². The second kappa shape index (κ2) is 5.26. The Kier molecular flexibility index (Phi) is 3.86. The van der Waals surface area contributed by atoms with Crippen LogP contribution in [-0.2, 0) is 6.18 Å². The van der Waals surface area contributed by atoms with Crippen molar-refractivity contribution in [3.8, 4) is 0 Å². The van der Waals surface area contributed by atoms with Crippen LogP contribution in [0, 0.1) is 5.41 Å². The smallest absolute Gasteiger partial charge is 0.384 e. The summed E-state index contributed by atoms with van der Waals surface area (Å²) in [5.74, 6) is -0.583. The summed E-state index contributed by atoms with van der Waals surface area (Å²) < 4.78 is 39.6. The quantitative estimate of drug-likeness (QED) is 0.659. The monoisotopic (exact) mass is 302 g/mol. The minimum atomic E-state index is -4.52. The van der Waals surface area contributed by atoms with Crippen molar-refractivity contribution in [3.05, 3.63) is 46.8 Å². The highest BCUT2D eigenvalue weighted by molar-refractivity contribution is 8.01. The van der Waals surface area contributed by atoms with Crippen LogP contribution in [0.2, 0.25) is 0 Å². The maximum Gasteiger partial charge on any atom is 0.417 e. The molecule has 3 N–H and O–H groups in total. The molecule has 2 aromatic rings. The van der Waals surface area contributed by atoms with Crippen LogP contribution in [-0.4, -0.2) is 5.84 Å². The van der Waals surface area contributed by atoms with Crippen LogP contribution < -0.4 is 5.73 Å². The van der Waals surface area contributed by atoms with Gasteiger partial charge in [-0.25, -0.2) is 0 Å². The Morgan fingerprint density at radius 2 is 2.00 bits per heavy atom. The van der Waals surface area contributed by atoms with Crippen molar-refractivity contribution in [3.63, 3.8) is 0 Å². The van der Waals surface area contributed by atoms with Gasteiger partial charge in [0.1, 0.15) is 5.84 Å². The number of hydrogen-bond donors (Lipinski definition) is 2. The summed E-state index contributed by atoms with van der Waals surface area (Å²) in [4.78, 5) is 0.472. The predicted octanol–water partition coefficient (Wildman–Crippen LogP) is 4.20. The minimum absolute atomic E-state index is 0.289. The molecule has 0 aliphatic rings. The molecule has 0 saturated heterocycles. The number of nitrogen functional groups attached to an aromatic ring is 1. The normalized spacial score (nSPS) is 11.5. The molecule has 100 valence electrons. The van der Waals surface area contributed by atoms with Gasteiger partial charge in [-0.15, -0.1) is 11.3 Å². The molecule has 2 rings (SSSR count). The Balaban J connectivity index is 2.41. The van der Waals surface area contributed by atoms with Gasteiger partial charge in [-0.2, -0.15) is 13.2 Å². The molecule has 19 heavy (non-hydrogen) atoms. The van der Waals surface area contributed by atoms with Gasteiger partial charge >= 0.3 is 6.18 Å². The highest BCUT2D eigenvalue weighted by Gasteiger charge is 2.34. The summed E-state index contributed by atoms with van der Waals surface area (Å²) in [7, 11) is 0. The summed E-state index contributed by atoms with van der Waals surface area (Å²) in [5, 5.41) is 9.05. The maximum atomic E-state index is 12.9. The first-order valence-corrected chi connectivity index (χ1v) is 6.84. The Hall–Kier alpha value is -1.47. The van der Waals surface area contributed by atoms with Gasteiger partial charge in [-0.05, 0) is 29.6 Å². The molecule has 7 heteroatoms. The second-order valence-corrected chi connectivity index (χ2v) is 5.97. The lowest BCUT2D eigenvalue weighted by Crippen LogP contribution is -2.18. The number of rotatable bonds is 3. The van der Waals surface area contributed by atoms with Crippen molar-refractivity contribution in [2.75, 3.05) is 0 Å². The topological polar surface area (TPSA) is 49.9 Å². The van der Waals surface area contributed by atoms with Gasteiger partial charge in [0, 0.05) is 10.5 Å². The van der Waals surface area contributed by atoms with Gasteiger partial charge in [0.25, 0.3) is 0 Å². The molecule has 0 bridgehead atoms. The molecule has 0 spiro atoms. The van der Waals surface area contributed by atoms with Gasteiger partial charge in [0.05, 0.1) is 9.77 Å². The van der Waals surface area contributed by atoms with Crippen molar-refractivity contribution in [2.45, 2.75) is 15.3 Å². The predicted molar refractivity (Wildman–Crippen MR) is 70.9 cm³/mol. The number of nitrogens with two attached hydrogens (primary N) is 1. The molecule has 0 unspecified atom stereocenters. The third kappa shape index (κ3) is 3.30. The standard InChI is InChI=1S/C12H9F3N2S2/c13-12(14,15)9-6-7(3-4-8(9)11(16)17)19-10-2-1-5-18-10/h1-6H,(H3,16,17). The lowest BCUT2D eigenvalue weighted by atomic mass is 10.1. The summed E-state index contributed by atoms with van der Waals surface area (Å²) in [6, 6.07) is 7.47. The van der Waals surface area contributed by atoms with E-state index in [0.717, 1.165) is 10.3 Å². The summed E-state index contributed by atoms with van der Waals surface area (Å²) in [6.07, 6.45) is -4.52. The summed E-state index contributed by atoms with van der Waals surface area (Å²) in [5.41, 5.74) is 4.01. The molecule has 0 fully saturated rings. The number of amidine groups is 1. The van der Waals surface area contributed by atoms with E-state index in [1.54, 1.807) is 0 Å². The van der Waals surface area contributed by atoms with E-state index in [1.807, 2.05) is 17.5 Å². The van der Waals surface area contributed by atoms with E-state index in [2.05, 4.69) is 0 Å². The lowest BCUT2D eigenvalue weighted by molar-refractivity contribution is -0.137. The molecule has 1 aromatic carbocycles. The van der Waals surface area contributed by atoms with Crippen LogP contribution >= 0.6 is 23.1 Å². The third-order valence-corrected chi connectivity index (χ3v) is 4.33. The third-order valence-electron chi connectivity index (χ3n) is 2.30. The number of hydrogen-bond acceptors (Lipinski definition) is 3. The highest BCUT2D eigenvalue weighted by Crippen LogP contribution is 2.37. The van der Waals surface area contributed by atoms with Crippen molar-refractivity contribution in [1.29, 1.82) is 5.41 Å². The summed E-state index contributed by atoms with van der Waals surface area (Å²) >= 11 is 2.71. The first-order chi connectivity index (χ1) is 8.88. The molecule has 2 nitrogen and oxygen atoms in total. The number of alkyl halides is 3. The first-order valence-electron chi connectivity index (χ1n) is 5.15. The molecule has 1 aromatic heterocycles. The van der Waals surface area contributed by atoms with E-state index in [-0.39, 0.29) is 5.56 Å². The largest absolute Gasteiger partial charge is 0.417 e. The zero-order chi connectivity index (χ0) is 14.0. The molecule has 0 saturated carbocycles. The fourth-order valence-corrected chi connectivity index (χ4v) is 3.28. The molecule has 0 aliphatic carbocycles. The van der Waals surface area contributed by atoms with E-state index < -0.39 is 17.6 Å². The Morgan fingerprint density at radius 3 is 2.53 bits per heavy atom. The van der Waals surface area contributed by atoms with Crippen molar-refractivity contribution in [2.24, 2.45) is 5.73 Å². The number of nitrogens with one attached hydrogen (secondary N) is 1. The average molecular weight is 302 g/mol. The number of benzene rings is 1. The van der Waals surface area contributed by atoms with Gasteiger partial charge in [-0.3, -0.25) is 5.41 Å². The summed E-state index contributed by atoms with van der Waals surface area (Å²) in [6.45, 7) is 0. The van der Waals surface area contributed by atoms with E-state index in [0.29, 0.717) is 4.90 Å². The number of thiophene rings is 1. The Morgan fingerprint density at radius 1 is 1.26 bits per heavy atom. The van der Waals surface area contributed by atoms with Gasteiger partial charge in [-0.1, -0.05) is 17.8 Å². The van der Waals surface area contributed by atoms with Crippen LogP contribution in [0.25, 0.3) is 0 Å². The van der Waals surface area contributed by atoms with E-state index in [1.165, 1.54) is 35.2 Å². The molecular weight excluding hydrogens is 293 g/mol. The minimum Gasteiger partial charge on any atom is -0.384 e. The van der Waals surface area contributed by atoms with Crippen LogP contribution in [0.3, 0.4) is 0 Å². The van der Waals surface area contributed by atoms with Crippen LogP contribution in [0.15, 0.2) is 44.8 Å². The average Bonchev–Trinajstić information content (AvgIpc) is 2.80. The second-order valence-electron chi connectivity index (χ2n) is 3.65.